The summed E-state index contributed by atoms with van der Waals surface area (Å²) in [7, 11) is 0. The number of amides is 4. The number of benzene rings is 2. The number of rotatable bonds is 3. The van der Waals surface area contributed by atoms with Crippen LogP contribution >= 0.6 is 0 Å². The molecule has 0 radical (unpaired) electrons. The molecular weight excluding hydrogens is 409 g/mol. The Bertz CT molecular complexity index is 1300. The third-order valence-electron chi connectivity index (χ3n) is 5.77. The highest BCUT2D eigenvalue weighted by Crippen LogP contribution is 2.28. The van der Waals surface area contributed by atoms with E-state index in [1.54, 1.807) is 0 Å². The van der Waals surface area contributed by atoms with E-state index in [-0.39, 0.29) is 11.3 Å². The molecule has 0 atom stereocenters. The van der Waals surface area contributed by atoms with E-state index < -0.39 is 23.7 Å². The second-order valence-electron chi connectivity index (χ2n) is 7.82. The number of anilines is 1. The molecule has 4 amide bonds. The summed E-state index contributed by atoms with van der Waals surface area (Å²) in [5, 5.41) is 2.19. The maximum absolute atomic E-state index is 13.3. The van der Waals surface area contributed by atoms with Crippen LogP contribution in [-0.4, -0.2) is 22.4 Å². The minimum atomic E-state index is -0.871. The number of nitrogens with one attached hydrogen (secondary N) is 1. The van der Waals surface area contributed by atoms with Gasteiger partial charge >= 0.3 is 6.03 Å². The third kappa shape index (κ3) is 3.51. The van der Waals surface area contributed by atoms with Gasteiger partial charge in [0, 0.05) is 17.1 Å². The molecule has 0 spiro atoms. The van der Waals surface area contributed by atoms with Crippen molar-refractivity contribution in [2.75, 3.05) is 4.90 Å². The largest absolute Gasteiger partial charge is 0.335 e. The van der Waals surface area contributed by atoms with Crippen molar-refractivity contribution in [2.45, 2.75) is 27.7 Å². The second kappa shape index (κ2) is 7.92. The second-order valence-corrected chi connectivity index (χ2v) is 7.82. The van der Waals surface area contributed by atoms with Gasteiger partial charge in [-0.2, -0.15) is 0 Å². The van der Waals surface area contributed by atoms with Gasteiger partial charge in [-0.15, -0.1) is 0 Å². The lowest BCUT2D eigenvalue weighted by Gasteiger charge is -2.26. The number of carbonyl (C=O) groups excluding carboxylic acids is 3. The van der Waals surface area contributed by atoms with Gasteiger partial charge < -0.3 is 4.57 Å². The van der Waals surface area contributed by atoms with Crippen LogP contribution < -0.4 is 10.2 Å². The fourth-order valence-corrected chi connectivity index (χ4v) is 3.92. The van der Waals surface area contributed by atoms with Gasteiger partial charge in [-0.3, -0.25) is 14.9 Å². The molecule has 3 aromatic rings. The number of halogens is 1. The molecule has 2 aromatic carbocycles. The minimum absolute atomic E-state index is 0.171. The Morgan fingerprint density at radius 2 is 1.62 bits per heavy atom. The van der Waals surface area contributed by atoms with E-state index in [0.29, 0.717) is 5.56 Å². The van der Waals surface area contributed by atoms with Gasteiger partial charge in [-0.1, -0.05) is 12.1 Å². The van der Waals surface area contributed by atoms with Crippen LogP contribution in [0.5, 0.6) is 0 Å². The van der Waals surface area contributed by atoms with E-state index in [9.17, 15) is 18.8 Å². The number of nitrogens with zero attached hydrogens (tertiary/aromatic N) is 2. The van der Waals surface area contributed by atoms with Gasteiger partial charge in [0.25, 0.3) is 11.8 Å². The third-order valence-corrected chi connectivity index (χ3v) is 5.77. The van der Waals surface area contributed by atoms with Crippen LogP contribution in [0.4, 0.5) is 14.9 Å². The minimum Gasteiger partial charge on any atom is -0.318 e. The van der Waals surface area contributed by atoms with Gasteiger partial charge in [0.15, 0.2) is 0 Å². The number of urea groups is 1. The first-order valence-electron chi connectivity index (χ1n) is 10.1. The lowest BCUT2D eigenvalue weighted by atomic mass is 10.1. The molecule has 1 N–H and O–H groups in total. The van der Waals surface area contributed by atoms with Crippen LogP contribution in [0.2, 0.25) is 0 Å². The Kier molecular flexibility index (Phi) is 5.26. The summed E-state index contributed by atoms with van der Waals surface area (Å²) < 4.78 is 15.4. The molecule has 1 fully saturated rings. The summed E-state index contributed by atoms with van der Waals surface area (Å²) in [6.07, 6.45) is 1.49. The molecule has 162 valence electrons. The fourth-order valence-electron chi connectivity index (χ4n) is 3.92. The maximum atomic E-state index is 13.3. The van der Waals surface area contributed by atoms with Crippen molar-refractivity contribution in [3.63, 3.8) is 0 Å². The highest BCUT2D eigenvalue weighted by molar-refractivity contribution is 6.39. The zero-order chi connectivity index (χ0) is 23.2. The normalized spacial score (nSPS) is 15.5. The Morgan fingerprint density at radius 1 is 0.938 bits per heavy atom. The summed E-state index contributed by atoms with van der Waals surface area (Å²) >= 11 is 0. The fraction of sp³-hybridized carbons (Fsp3) is 0.160. The van der Waals surface area contributed by atoms with E-state index in [1.807, 2.05) is 52.0 Å². The monoisotopic (exact) mass is 431 g/mol. The number of carbonyl (C=O) groups is 3. The van der Waals surface area contributed by atoms with Crippen molar-refractivity contribution in [3.05, 3.63) is 88.0 Å². The van der Waals surface area contributed by atoms with Gasteiger partial charge in [-0.25, -0.2) is 14.1 Å². The number of hydrogen-bond donors (Lipinski definition) is 1. The van der Waals surface area contributed by atoms with E-state index in [2.05, 4.69) is 9.88 Å². The molecule has 0 unspecified atom stereocenters. The first kappa shape index (κ1) is 21.2. The van der Waals surface area contributed by atoms with Crippen molar-refractivity contribution in [1.82, 2.24) is 9.88 Å². The Morgan fingerprint density at radius 3 is 2.31 bits per heavy atom. The van der Waals surface area contributed by atoms with Gasteiger partial charge in [0.05, 0.1) is 5.69 Å². The molecule has 32 heavy (non-hydrogen) atoms. The lowest BCUT2D eigenvalue weighted by molar-refractivity contribution is -0.122. The van der Waals surface area contributed by atoms with Crippen LogP contribution in [0.15, 0.2) is 54.1 Å². The standard InChI is InChI=1S/C25H22FN3O3/c1-14-6-5-7-22(16(14)3)28-15(2)12-18(17(28)4)13-21-23(30)27-25(32)29(24(21)31)20-10-8-19(26)9-11-20/h5-13H,1-4H3,(H,27,30,32). The Hall–Kier alpha value is -4.00. The number of imide groups is 2. The average molecular weight is 431 g/mol. The molecule has 6 nitrogen and oxygen atoms in total. The van der Waals surface area contributed by atoms with E-state index >= 15 is 0 Å². The molecule has 4 rings (SSSR count). The summed E-state index contributed by atoms with van der Waals surface area (Å²) in [5.74, 6) is -2.03. The van der Waals surface area contributed by atoms with E-state index in [1.165, 1.54) is 18.2 Å². The van der Waals surface area contributed by atoms with Crippen LogP contribution in [-0.2, 0) is 9.59 Å². The molecule has 1 aromatic heterocycles. The van der Waals surface area contributed by atoms with Crippen LogP contribution in [0.25, 0.3) is 11.8 Å². The van der Waals surface area contributed by atoms with Gasteiger partial charge in [0.2, 0.25) is 0 Å². The lowest BCUT2D eigenvalue weighted by Crippen LogP contribution is -2.54. The molecule has 0 bridgehead atoms. The highest BCUT2D eigenvalue weighted by Gasteiger charge is 2.37. The van der Waals surface area contributed by atoms with E-state index in [4.69, 9.17) is 0 Å². The Balaban J connectivity index is 1.78. The summed E-state index contributed by atoms with van der Waals surface area (Å²) in [4.78, 5) is 38.7. The molecule has 1 aliphatic heterocycles. The number of aryl methyl sites for hydroxylation is 2. The first-order valence-corrected chi connectivity index (χ1v) is 10.1. The van der Waals surface area contributed by atoms with Crippen molar-refractivity contribution in [2.24, 2.45) is 0 Å². The number of aromatic nitrogens is 1. The molecule has 2 heterocycles. The number of hydrogen-bond acceptors (Lipinski definition) is 3. The van der Waals surface area contributed by atoms with Crippen molar-refractivity contribution < 1.29 is 18.8 Å². The quantitative estimate of drug-likeness (QED) is 0.490. The van der Waals surface area contributed by atoms with Gasteiger partial charge in [0.1, 0.15) is 11.4 Å². The van der Waals surface area contributed by atoms with Crippen LogP contribution in [0.1, 0.15) is 28.1 Å². The predicted octanol–water partition coefficient (Wildman–Crippen LogP) is 4.52. The first-order chi connectivity index (χ1) is 15.2. The van der Waals surface area contributed by atoms with Crippen molar-refractivity contribution in [1.29, 1.82) is 0 Å². The van der Waals surface area contributed by atoms with Crippen molar-refractivity contribution >= 4 is 29.6 Å². The molecule has 1 aliphatic rings. The molecule has 1 saturated heterocycles. The van der Waals surface area contributed by atoms with E-state index in [0.717, 1.165) is 45.2 Å². The zero-order valence-electron chi connectivity index (χ0n) is 18.2. The van der Waals surface area contributed by atoms with Crippen molar-refractivity contribution in [3.8, 4) is 5.69 Å². The molecule has 0 aliphatic carbocycles. The van der Waals surface area contributed by atoms with Crippen LogP contribution in [0, 0.1) is 33.5 Å². The predicted molar refractivity (Wildman–Crippen MR) is 120 cm³/mol. The maximum Gasteiger partial charge on any atom is 0.335 e. The van der Waals surface area contributed by atoms with Crippen LogP contribution in [0.3, 0.4) is 0 Å². The zero-order valence-corrected chi connectivity index (χ0v) is 18.2. The summed E-state index contributed by atoms with van der Waals surface area (Å²) in [5.41, 5.74) is 5.80. The average Bonchev–Trinajstić information content (AvgIpc) is 3.01. The molecule has 0 saturated carbocycles. The summed E-state index contributed by atoms with van der Waals surface area (Å²) in [6.45, 7) is 7.96. The molecule has 7 heteroatoms. The summed E-state index contributed by atoms with van der Waals surface area (Å²) in [6, 6.07) is 12.0. The van der Waals surface area contributed by atoms with Gasteiger partial charge in [-0.05, 0) is 86.9 Å². The topological polar surface area (TPSA) is 71.4 Å². The number of barbiturate groups is 1. The smallest absolute Gasteiger partial charge is 0.318 e. The highest BCUT2D eigenvalue weighted by atomic mass is 19.1. The molecular formula is C25H22FN3O3. The SMILES string of the molecule is Cc1cccc(-n2c(C)cc(C=C3C(=O)NC(=O)N(c4ccc(F)cc4)C3=O)c2C)c1C. The Labute approximate surface area is 185 Å².